The first-order valence-electron chi connectivity index (χ1n) is 6.84. The Bertz CT molecular complexity index is 840. The van der Waals surface area contributed by atoms with Crippen LogP contribution in [0.1, 0.15) is 4.88 Å². The fourth-order valence-electron chi connectivity index (χ4n) is 2.47. The van der Waals surface area contributed by atoms with Gasteiger partial charge in [0.15, 0.2) is 0 Å². The van der Waals surface area contributed by atoms with E-state index in [9.17, 15) is 9.00 Å². The Labute approximate surface area is 135 Å². The van der Waals surface area contributed by atoms with Gasteiger partial charge in [0.25, 0.3) is 0 Å². The van der Waals surface area contributed by atoms with Gasteiger partial charge >= 0.3 is 0 Å². The SMILES string of the molecule is NC(=O)CS(=O)Cc1sc2ccccc2c1-c1ccccc1. The molecule has 112 valence electrons. The van der Waals surface area contributed by atoms with Gasteiger partial charge in [-0.1, -0.05) is 48.5 Å². The Hall–Kier alpha value is -1.98. The molecule has 2 aromatic carbocycles. The zero-order chi connectivity index (χ0) is 15.5. The van der Waals surface area contributed by atoms with Crippen molar-refractivity contribution in [3.05, 3.63) is 59.5 Å². The second-order valence-corrected chi connectivity index (χ2v) is 7.55. The number of thiophene rings is 1. The van der Waals surface area contributed by atoms with Crippen molar-refractivity contribution in [1.29, 1.82) is 0 Å². The zero-order valence-electron chi connectivity index (χ0n) is 11.8. The van der Waals surface area contributed by atoms with Crippen LogP contribution in [-0.2, 0) is 21.3 Å². The molecule has 0 aliphatic heterocycles. The molecule has 3 nitrogen and oxygen atoms in total. The van der Waals surface area contributed by atoms with Crippen LogP contribution >= 0.6 is 11.3 Å². The monoisotopic (exact) mass is 329 g/mol. The van der Waals surface area contributed by atoms with Crippen molar-refractivity contribution in [2.24, 2.45) is 5.73 Å². The van der Waals surface area contributed by atoms with E-state index in [-0.39, 0.29) is 5.75 Å². The van der Waals surface area contributed by atoms with Gasteiger partial charge in [-0.15, -0.1) is 11.3 Å². The van der Waals surface area contributed by atoms with Gasteiger partial charge in [-0.3, -0.25) is 9.00 Å². The number of fused-ring (bicyclic) bond motifs is 1. The highest BCUT2D eigenvalue weighted by molar-refractivity contribution is 7.85. The molecule has 3 aromatic rings. The van der Waals surface area contributed by atoms with Crippen LogP contribution in [0.2, 0.25) is 0 Å². The van der Waals surface area contributed by atoms with Crippen LogP contribution in [-0.4, -0.2) is 15.9 Å². The number of hydrogen-bond acceptors (Lipinski definition) is 3. The molecular formula is C17H15NO2S2. The molecule has 1 atom stereocenters. The first-order valence-corrected chi connectivity index (χ1v) is 9.14. The van der Waals surface area contributed by atoms with Crippen LogP contribution in [0.3, 0.4) is 0 Å². The molecule has 3 rings (SSSR count). The van der Waals surface area contributed by atoms with E-state index < -0.39 is 16.7 Å². The highest BCUT2D eigenvalue weighted by Crippen LogP contribution is 2.39. The van der Waals surface area contributed by atoms with Crippen LogP contribution < -0.4 is 5.73 Å². The number of carbonyl (C=O) groups is 1. The number of carbonyl (C=O) groups excluding carboxylic acids is 1. The standard InChI is InChI=1S/C17H15NO2S2/c18-16(19)11-22(20)10-15-17(12-6-2-1-3-7-12)13-8-4-5-9-14(13)21-15/h1-9H,10-11H2,(H2,18,19). The second-order valence-electron chi connectivity index (χ2n) is 4.96. The molecule has 0 radical (unpaired) electrons. The van der Waals surface area contributed by atoms with Crippen LogP contribution in [0, 0.1) is 0 Å². The van der Waals surface area contributed by atoms with E-state index in [2.05, 4.69) is 24.3 Å². The Morgan fingerprint density at radius 3 is 2.45 bits per heavy atom. The van der Waals surface area contributed by atoms with E-state index in [4.69, 9.17) is 5.73 Å². The molecule has 1 amide bonds. The number of nitrogens with two attached hydrogens (primary N) is 1. The lowest BCUT2D eigenvalue weighted by Crippen LogP contribution is -2.20. The molecule has 0 saturated carbocycles. The third-order valence-corrected chi connectivity index (χ3v) is 5.90. The van der Waals surface area contributed by atoms with Gasteiger partial charge in [-0.2, -0.15) is 0 Å². The predicted molar refractivity (Wildman–Crippen MR) is 93.2 cm³/mol. The van der Waals surface area contributed by atoms with E-state index >= 15 is 0 Å². The molecule has 0 aliphatic rings. The lowest BCUT2D eigenvalue weighted by atomic mass is 10.0. The summed E-state index contributed by atoms with van der Waals surface area (Å²) >= 11 is 1.63. The molecule has 0 saturated heterocycles. The third kappa shape index (κ3) is 3.10. The van der Waals surface area contributed by atoms with Crippen LogP contribution in [0.25, 0.3) is 21.2 Å². The maximum absolute atomic E-state index is 12.1. The minimum Gasteiger partial charge on any atom is -0.369 e. The first-order chi connectivity index (χ1) is 10.6. The van der Waals surface area contributed by atoms with Crippen molar-refractivity contribution >= 4 is 38.1 Å². The number of amides is 1. The van der Waals surface area contributed by atoms with Gasteiger partial charge in [-0.05, 0) is 11.6 Å². The first kappa shape index (κ1) is 14.9. The topological polar surface area (TPSA) is 60.2 Å². The molecule has 1 heterocycles. The summed E-state index contributed by atoms with van der Waals surface area (Å²) in [4.78, 5) is 12.0. The molecule has 22 heavy (non-hydrogen) atoms. The largest absolute Gasteiger partial charge is 0.369 e. The van der Waals surface area contributed by atoms with E-state index in [1.54, 1.807) is 11.3 Å². The molecular weight excluding hydrogens is 314 g/mol. The van der Waals surface area contributed by atoms with Crippen molar-refractivity contribution in [3.8, 4) is 11.1 Å². The normalized spacial score (nSPS) is 12.4. The Balaban J connectivity index is 2.09. The average molecular weight is 329 g/mol. The number of primary amides is 1. The predicted octanol–water partition coefficient (Wildman–Crippen LogP) is 3.30. The quantitative estimate of drug-likeness (QED) is 0.781. The van der Waals surface area contributed by atoms with Gasteiger partial charge < -0.3 is 5.73 Å². The van der Waals surface area contributed by atoms with Crippen molar-refractivity contribution in [2.45, 2.75) is 5.75 Å². The lowest BCUT2D eigenvalue weighted by molar-refractivity contribution is -0.115. The molecule has 0 fully saturated rings. The van der Waals surface area contributed by atoms with Crippen molar-refractivity contribution in [3.63, 3.8) is 0 Å². The van der Waals surface area contributed by atoms with Gasteiger partial charge in [0, 0.05) is 31.3 Å². The minimum atomic E-state index is -1.28. The Morgan fingerprint density at radius 1 is 1.05 bits per heavy atom. The van der Waals surface area contributed by atoms with E-state index in [0.29, 0.717) is 5.75 Å². The minimum absolute atomic E-state index is 0.0948. The maximum Gasteiger partial charge on any atom is 0.230 e. The summed E-state index contributed by atoms with van der Waals surface area (Å²) in [6.07, 6.45) is 0. The third-order valence-electron chi connectivity index (χ3n) is 3.33. The van der Waals surface area contributed by atoms with E-state index in [1.165, 1.54) is 0 Å². The van der Waals surface area contributed by atoms with Crippen LogP contribution in [0.5, 0.6) is 0 Å². The highest BCUT2D eigenvalue weighted by atomic mass is 32.2. The molecule has 1 unspecified atom stereocenters. The molecule has 2 N–H and O–H groups in total. The van der Waals surface area contributed by atoms with E-state index in [1.807, 2.05) is 30.3 Å². The fraction of sp³-hybridized carbons (Fsp3) is 0.118. The molecule has 1 aromatic heterocycles. The number of rotatable bonds is 5. The summed E-state index contributed by atoms with van der Waals surface area (Å²) in [5.41, 5.74) is 7.36. The van der Waals surface area contributed by atoms with Gasteiger partial charge in [0.2, 0.25) is 5.91 Å². The van der Waals surface area contributed by atoms with E-state index in [0.717, 1.165) is 26.1 Å². The summed E-state index contributed by atoms with van der Waals surface area (Å²) in [6.45, 7) is 0. The van der Waals surface area contributed by atoms with Gasteiger partial charge in [-0.25, -0.2) is 0 Å². The Kier molecular flexibility index (Phi) is 4.36. The maximum atomic E-state index is 12.1. The van der Waals surface area contributed by atoms with Crippen LogP contribution in [0.4, 0.5) is 0 Å². The van der Waals surface area contributed by atoms with Crippen molar-refractivity contribution in [2.75, 3.05) is 5.75 Å². The van der Waals surface area contributed by atoms with Crippen LogP contribution in [0.15, 0.2) is 54.6 Å². The molecule has 5 heteroatoms. The fourth-order valence-corrected chi connectivity index (χ4v) is 4.98. The zero-order valence-corrected chi connectivity index (χ0v) is 13.5. The summed E-state index contributed by atoms with van der Waals surface area (Å²) < 4.78 is 13.3. The number of benzene rings is 2. The average Bonchev–Trinajstić information content (AvgIpc) is 2.84. The van der Waals surface area contributed by atoms with Gasteiger partial charge in [0.1, 0.15) is 5.75 Å². The summed E-state index contributed by atoms with van der Waals surface area (Å²) in [7, 11) is -1.28. The molecule has 0 spiro atoms. The highest BCUT2D eigenvalue weighted by Gasteiger charge is 2.16. The lowest BCUT2D eigenvalue weighted by Gasteiger charge is -2.05. The second kappa shape index (κ2) is 6.42. The smallest absolute Gasteiger partial charge is 0.230 e. The molecule has 0 aliphatic carbocycles. The van der Waals surface area contributed by atoms with Crippen molar-refractivity contribution < 1.29 is 9.00 Å². The Morgan fingerprint density at radius 2 is 1.73 bits per heavy atom. The molecule has 0 bridgehead atoms. The number of hydrogen-bond donors (Lipinski definition) is 1. The van der Waals surface area contributed by atoms with Crippen molar-refractivity contribution in [1.82, 2.24) is 0 Å². The summed E-state index contributed by atoms with van der Waals surface area (Å²) in [5, 5.41) is 1.16. The van der Waals surface area contributed by atoms with Gasteiger partial charge in [0.05, 0.1) is 5.75 Å². The summed E-state index contributed by atoms with van der Waals surface area (Å²) in [6, 6.07) is 18.2. The summed E-state index contributed by atoms with van der Waals surface area (Å²) in [5.74, 6) is -0.268.